The molecule has 85 heavy (non-hydrogen) atoms. The van der Waals surface area contributed by atoms with Gasteiger partial charge in [0.05, 0.1) is 0 Å². The van der Waals surface area contributed by atoms with Gasteiger partial charge in [0.25, 0.3) is 0 Å². The molecule has 0 atom stereocenters. The number of ether oxygens (including phenoxy) is 1. The van der Waals surface area contributed by atoms with Gasteiger partial charge in [-0.1, -0.05) is 239 Å². The number of rotatable bonds is 11. The molecular weight excluding hydrogens is 1220 g/mol. The van der Waals surface area contributed by atoms with Gasteiger partial charge in [-0.05, 0) is 120 Å². The molecule has 1 aliphatic heterocycles. The summed E-state index contributed by atoms with van der Waals surface area (Å²) in [5.41, 5.74) is 17.0. The van der Waals surface area contributed by atoms with Crippen molar-refractivity contribution >= 4 is 44.6 Å². The Labute approximate surface area is 522 Å². The Bertz CT molecular complexity index is 4090. The molecule has 5 nitrogen and oxygen atoms in total. The zero-order valence-corrected chi connectivity index (χ0v) is 55.7. The summed E-state index contributed by atoms with van der Waals surface area (Å²) in [6.45, 7) is 43.9. The molecule has 6 heteroatoms. The van der Waals surface area contributed by atoms with Crippen LogP contribution in [0, 0.1) is 18.8 Å². The molecule has 3 heterocycles. The molecule has 440 valence electrons. The average molecular weight is 1300 g/mol. The molecule has 2 aromatic heterocycles. The second-order valence-electron chi connectivity index (χ2n) is 29.3. The molecule has 0 amide bonds. The summed E-state index contributed by atoms with van der Waals surface area (Å²) in [5, 5.41) is 2.26. The van der Waals surface area contributed by atoms with Crippen LogP contribution in [-0.4, -0.2) is 9.55 Å². The molecule has 0 aliphatic carbocycles. The van der Waals surface area contributed by atoms with E-state index in [0.29, 0.717) is 11.5 Å². The first-order valence-corrected chi connectivity index (χ1v) is 30.1. The van der Waals surface area contributed by atoms with Crippen molar-refractivity contribution in [3.8, 4) is 17.3 Å². The molecule has 0 saturated carbocycles. The quantitative estimate of drug-likeness (QED) is 0.121. The first kappa shape index (κ1) is 60.9. The molecule has 11 rings (SSSR count). The van der Waals surface area contributed by atoms with E-state index in [9.17, 15) is 0 Å². The van der Waals surface area contributed by atoms with Gasteiger partial charge in [0.1, 0.15) is 5.82 Å². The Balaban J connectivity index is 0.00000803. The maximum Gasteiger partial charge on any atom is 0.135 e. The van der Waals surface area contributed by atoms with Gasteiger partial charge >= 0.3 is 0 Å². The van der Waals surface area contributed by atoms with Gasteiger partial charge in [-0.2, -0.15) is 6.07 Å². The number of hydrogen-bond donors (Lipinski definition) is 0. The van der Waals surface area contributed by atoms with Crippen LogP contribution in [0.1, 0.15) is 180 Å². The number of anilines is 4. The minimum Gasteiger partial charge on any atom is -0.509 e. The van der Waals surface area contributed by atoms with Crippen LogP contribution < -0.4 is 14.5 Å². The van der Waals surface area contributed by atoms with E-state index < -0.39 is 5.41 Å². The van der Waals surface area contributed by atoms with Gasteiger partial charge in [-0.15, -0.1) is 53.6 Å². The van der Waals surface area contributed by atoms with Gasteiger partial charge < -0.3 is 19.1 Å². The third-order valence-corrected chi connectivity index (χ3v) is 18.0. The molecule has 0 unspecified atom stereocenters. The van der Waals surface area contributed by atoms with E-state index in [1.54, 1.807) is 0 Å². The number of aromatic nitrogens is 2. The van der Waals surface area contributed by atoms with Crippen LogP contribution in [0.5, 0.6) is 11.5 Å². The molecule has 8 aromatic carbocycles. The van der Waals surface area contributed by atoms with Crippen molar-refractivity contribution in [2.75, 3.05) is 9.80 Å². The molecule has 10 aromatic rings. The van der Waals surface area contributed by atoms with Crippen LogP contribution >= 0.6 is 0 Å². The molecule has 0 fully saturated rings. The van der Waals surface area contributed by atoms with E-state index in [1.165, 1.54) is 50.1 Å². The van der Waals surface area contributed by atoms with Crippen molar-refractivity contribution in [2.45, 2.75) is 163 Å². The van der Waals surface area contributed by atoms with E-state index in [4.69, 9.17) is 9.72 Å². The fourth-order valence-corrected chi connectivity index (χ4v) is 12.2. The number of nitrogens with zero attached hydrogens (tertiary/aromatic N) is 4. The predicted octanol–water partition coefficient (Wildman–Crippen LogP) is 21.1. The van der Waals surface area contributed by atoms with Crippen molar-refractivity contribution in [3.63, 3.8) is 0 Å². The first-order chi connectivity index (χ1) is 39.4. The number of fused-ring (bicyclic) bond motifs is 4. The Morgan fingerprint density at radius 3 is 1.42 bits per heavy atom. The van der Waals surface area contributed by atoms with Gasteiger partial charge in [0.15, 0.2) is 0 Å². The summed E-state index contributed by atoms with van der Waals surface area (Å²) >= 11 is 0. The van der Waals surface area contributed by atoms with Crippen molar-refractivity contribution in [2.24, 2.45) is 0 Å². The minimum absolute atomic E-state index is 0. The van der Waals surface area contributed by atoms with Gasteiger partial charge in [0, 0.05) is 77.6 Å². The summed E-state index contributed by atoms with van der Waals surface area (Å²) < 4.78 is 9.42. The van der Waals surface area contributed by atoms with E-state index in [0.717, 1.165) is 55.9 Å². The van der Waals surface area contributed by atoms with E-state index in [1.807, 2.05) is 6.20 Å². The number of benzene rings is 8. The van der Waals surface area contributed by atoms with Crippen LogP contribution in [0.2, 0.25) is 0 Å². The summed E-state index contributed by atoms with van der Waals surface area (Å²) in [7, 11) is 0. The van der Waals surface area contributed by atoms with Crippen molar-refractivity contribution in [1.82, 2.24) is 9.55 Å². The average Bonchev–Trinajstić information content (AvgIpc) is 1.86. The monoisotopic (exact) mass is 1300 g/mol. The molecule has 0 bridgehead atoms. The maximum absolute atomic E-state index is 7.16. The Kier molecular flexibility index (Phi) is 15.7. The second kappa shape index (κ2) is 21.9. The van der Waals surface area contributed by atoms with Gasteiger partial charge in [0.2, 0.25) is 0 Å². The van der Waals surface area contributed by atoms with Crippen molar-refractivity contribution in [3.05, 3.63) is 257 Å². The van der Waals surface area contributed by atoms with Crippen molar-refractivity contribution < 1.29 is 25.8 Å². The third-order valence-electron chi connectivity index (χ3n) is 18.0. The number of hydrogen-bond acceptors (Lipinski definition) is 4. The van der Waals surface area contributed by atoms with Gasteiger partial charge in [-0.3, -0.25) is 0 Å². The SMILES string of the molecule is CC(C)(C)c1cc(Oc2[c-]c3c(cc2)c2cc(C(C)(C)C)ccc2n3-c2cc(C(C)(C)C)ccn2)[c-]c(N2[CH-]N(c3cc(C(C)(C)C)cc(C(C)(C)c4ccccc4)c3)c3cc(C(C)(C)c4ccccc4)c(C(C)(C)c4ccccc4)cc32)c1.[Pt]. The molecule has 0 saturated heterocycles. The summed E-state index contributed by atoms with van der Waals surface area (Å²) in [5.74, 6) is 2.06. The summed E-state index contributed by atoms with van der Waals surface area (Å²) in [6, 6.07) is 72.8. The second-order valence-corrected chi connectivity index (χ2v) is 29.3. The fourth-order valence-electron chi connectivity index (χ4n) is 12.2. The predicted molar refractivity (Wildman–Crippen MR) is 355 cm³/mol. The largest absolute Gasteiger partial charge is 0.509 e. The summed E-state index contributed by atoms with van der Waals surface area (Å²) in [6.07, 6.45) is 1.93. The maximum atomic E-state index is 7.16. The third kappa shape index (κ3) is 11.6. The Morgan fingerprint density at radius 2 is 0.882 bits per heavy atom. The van der Waals surface area contributed by atoms with Crippen LogP contribution in [0.15, 0.2) is 182 Å². The van der Waals surface area contributed by atoms with Crippen LogP contribution in [0.3, 0.4) is 0 Å². The van der Waals surface area contributed by atoms with Crippen LogP contribution in [0.4, 0.5) is 22.7 Å². The first-order valence-electron chi connectivity index (χ1n) is 30.1. The zero-order chi connectivity index (χ0) is 60.1. The summed E-state index contributed by atoms with van der Waals surface area (Å²) in [4.78, 5) is 9.82. The Morgan fingerprint density at radius 1 is 0.388 bits per heavy atom. The normalized spacial score (nSPS) is 13.6. The standard InChI is InChI=1S/C79H85N4O.Pt/c1-73(2,3)55-34-37-68-65(45-55)64-36-35-62(48-69(64)83(68)72-46-56(38-39-80-72)74(4,5)6)84-63-44-58(76(10,11)12)42-61(47-63)82-51-81(60-41-57(75(7,8)9)40-59(43-60)77(13,14)52-28-22-19-23-29-52)70-49-66(78(15,16)53-30-24-20-25-31-53)67(50-71(70)82)79(17,18)54-32-26-21-27-33-54;/h19-46,49-51H,1-18H3;/q-3;. The molecular formula is C79H85N4OPt-3. The topological polar surface area (TPSA) is 33.5 Å². The molecule has 1 aliphatic rings. The Hall–Kier alpha value is -7.20. The molecule has 0 spiro atoms. The van der Waals surface area contributed by atoms with E-state index >= 15 is 0 Å². The molecule has 0 N–H and O–H groups in total. The fraction of sp³-hybridized carbons (Fsp3) is 0.316. The zero-order valence-electron chi connectivity index (χ0n) is 53.4. The molecule has 0 radical (unpaired) electrons. The number of pyridine rings is 1. The smallest absolute Gasteiger partial charge is 0.135 e. The van der Waals surface area contributed by atoms with Gasteiger partial charge in [-0.25, -0.2) is 4.98 Å². The van der Waals surface area contributed by atoms with E-state index in [2.05, 4.69) is 334 Å². The van der Waals surface area contributed by atoms with E-state index in [-0.39, 0.29) is 53.6 Å². The minimum atomic E-state index is -0.393. The van der Waals surface area contributed by atoms with Crippen molar-refractivity contribution in [1.29, 1.82) is 0 Å². The van der Waals surface area contributed by atoms with Crippen LogP contribution in [0.25, 0.3) is 27.6 Å². The van der Waals surface area contributed by atoms with Crippen LogP contribution in [-0.2, 0) is 59.0 Å².